The van der Waals surface area contributed by atoms with Crippen LogP contribution in [0.3, 0.4) is 0 Å². The Hall–Kier alpha value is -2.27. The summed E-state index contributed by atoms with van der Waals surface area (Å²) in [7, 11) is 0. The van der Waals surface area contributed by atoms with E-state index in [4.69, 9.17) is 0 Å². The molecule has 2 aliphatic heterocycles. The van der Waals surface area contributed by atoms with Crippen LogP contribution >= 0.6 is 0 Å². The van der Waals surface area contributed by atoms with Crippen LogP contribution in [-0.2, 0) is 0 Å². The molecule has 0 saturated carbocycles. The van der Waals surface area contributed by atoms with Gasteiger partial charge in [-0.3, -0.25) is 9.78 Å². The zero-order chi connectivity index (χ0) is 18.6. The first kappa shape index (κ1) is 18.1. The Morgan fingerprint density at radius 3 is 2.85 bits per heavy atom. The molecule has 2 saturated heterocycles. The molecule has 1 aromatic carbocycles. The molecule has 2 atom stereocenters. The minimum absolute atomic E-state index is 0.0822. The Morgan fingerprint density at radius 2 is 2.04 bits per heavy atom. The van der Waals surface area contributed by atoms with Crippen LogP contribution in [0.5, 0.6) is 0 Å². The van der Waals surface area contributed by atoms with E-state index in [0.29, 0.717) is 28.8 Å². The maximum atomic E-state index is 13.4. The van der Waals surface area contributed by atoms with E-state index in [1.807, 2.05) is 6.07 Å². The molecule has 2 aromatic rings. The van der Waals surface area contributed by atoms with Gasteiger partial charge in [-0.2, -0.15) is 0 Å². The summed E-state index contributed by atoms with van der Waals surface area (Å²) in [4.78, 5) is 19.5. The highest BCUT2D eigenvalue weighted by Crippen LogP contribution is 2.30. The van der Waals surface area contributed by atoms with E-state index in [9.17, 15) is 9.18 Å². The number of fused-ring (bicyclic) bond motifs is 1. The van der Waals surface area contributed by atoms with Crippen molar-refractivity contribution in [1.29, 1.82) is 0 Å². The van der Waals surface area contributed by atoms with Crippen LogP contribution in [-0.4, -0.2) is 41.5 Å². The Balaban J connectivity index is 1.37. The van der Waals surface area contributed by atoms with Crippen LogP contribution in [0.2, 0.25) is 0 Å². The fraction of sp³-hybridized carbons (Fsp3) is 0.455. The summed E-state index contributed by atoms with van der Waals surface area (Å²) < 4.78 is 13.4. The van der Waals surface area contributed by atoms with Crippen LogP contribution in [0.15, 0.2) is 42.6 Å². The lowest BCUT2D eigenvalue weighted by atomic mass is 9.83. The molecule has 1 unspecified atom stereocenters. The van der Waals surface area contributed by atoms with Crippen molar-refractivity contribution in [1.82, 2.24) is 15.2 Å². The van der Waals surface area contributed by atoms with Crippen molar-refractivity contribution in [2.24, 2.45) is 5.92 Å². The third-order valence-electron chi connectivity index (χ3n) is 5.90. The second-order valence-corrected chi connectivity index (χ2v) is 7.65. The van der Waals surface area contributed by atoms with Crippen molar-refractivity contribution < 1.29 is 9.18 Å². The third kappa shape index (κ3) is 4.19. The Bertz CT molecular complexity index is 790. The predicted molar refractivity (Wildman–Crippen MR) is 104 cm³/mol. The molecule has 0 radical (unpaired) electrons. The summed E-state index contributed by atoms with van der Waals surface area (Å²) in [6, 6.07) is 10.5. The first-order chi connectivity index (χ1) is 13.2. The first-order valence-electron chi connectivity index (χ1n) is 9.95. The predicted octanol–water partition coefficient (Wildman–Crippen LogP) is 3.88. The van der Waals surface area contributed by atoms with Crippen LogP contribution < -0.4 is 5.32 Å². The zero-order valence-corrected chi connectivity index (χ0v) is 15.5. The van der Waals surface area contributed by atoms with Crippen molar-refractivity contribution in [2.75, 3.05) is 19.6 Å². The van der Waals surface area contributed by atoms with Gasteiger partial charge < -0.3 is 10.2 Å². The second kappa shape index (κ2) is 8.17. The van der Waals surface area contributed by atoms with E-state index in [1.165, 1.54) is 57.3 Å². The van der Waals surface area contributed by atoms with Gasteiger partial charge in [-0.1, -0.05) is 18.6 Å². The van der Waals surface area contributed by atoms with Crippen LogP contribution in [0.1, 0.15) is 42.5 Å². The monoisotopic (exact) mass is 367 g/mol. The third-order valence-corrected chi connectivity index (χ3v) is 5.90. The molecular weight excluding hydrogens is 341 g/mol. The molecule has 4 rings (SSSR count). The number of nitrogens with one attached hydrogen (secondary N) is 1. The fourth-order valence-corrected chi connectivity index (χ4v) is 4.49. The Morgan fingerprint density at radius 1 is 1.15 bits per heavy atom. The normalized spacial score (nSPS) is 22.9. The van der Waals surface area contributed by atoms with E-state index in [0.717, 1.165) is 6.54 Å². The quantitative estimate of drug-likeness (QED) is 0.892. The molecule has 2 aliphatic rings. The average molecular weight is 367 g/mol. The van der Waals surface area contributed by atoms with E-state index in [1.54, 1.807) is 24.4 Å². The lowest BCUT2D eigenvalue weighted by molar-refractivity contribution is 0.0575. The number of nitrogens with zero attached hydrogens (tertiary/aromatic N) is 2. The molecule has 4 nitrogen and oxygen atoms in total. The van der Waals surface area contributed by atoms with E-state index in [2.05, 4.69) is 15.2 Å². The molecule has 27 heavy (non-hydrogen) atoms. The number of piperidine rings is 2. The Kier molecular flexibility index (Phi) is 5.48. The number of aromatic nitrogens is 1. The molecule has 1 aromatic heterocycles. The van der Waals surface area contributed by atoms with Crippen LogP contribution in [0.4, 0.5) is 4.39 Å². The molecule has 1 amide bonds. The van der Waals surface area contributed by atoms with Gasteiger partial charge >= 0.3 is 0 Å². The van der Waals surface area contributed by atoms with Crippen molar-refractivity contribution in [3.8, 4) is 11.3 Å². The van der Waals surface area contributed by atoms with Crippen LogP contribution in [0.25, 0.3) is 11.3 Å². The Labute approximate surface area is 159 Å². The van der Waals surface area contributed by atoms with Crippen molar-refractivity contribution in [2.45, 2.75) is 38.1 Å². The highest BCUT2D eigenvalue weighted by Gasteiger charge is 2.32. The van der Waals surface area contributed by atoms with Crippen molar-refractivity contribution in [3.63, 3.8) is 0 Å². The average Bonchev–Trinajstić information content (AvgIpc) is 2.72. The van der Waals surface area contributed by atoms with Gasteiger partial charge in [-0.25, -0.2) is 4.39 Å². The van der Waals surface area contributed by atoms with Crippen molar-refractivity contribution >= 4 is 5.91 Å². The number of benzene rings is 1. The highest BCUT2D eigenvalue weighted by atomic mass is 19.1. The molecule has 3 heterocycles. The number of hydrogen-bond acceptors (Lipinski definition) is 3. The molecule has 1 N–H and O–H groups in total. The topological polar surface area (TPSA) is 45.2 Å². The maximum absolute atomic E-state index is 13.4. The minimum atomic E-state index is -0.291. The largest absolute Gasteiger partial charge is 0.352 e. The lowest BCUT2D eigenvalue weighted by Crippen LogP contribution is -2.51. The maximum Gasteiger partial charge on any atom is 0.252 e. The molecule has 2 fully saturated rings. The summed E-state index contributed by atoms with van der Waals surface area (Å²) in [5.41, 5.74) is 1.92. The number of halogens is 1. The summed E-state index contributed by atoms with van der Waals surface area (Å²) in [6.07, 6.45) is 7.85. The molecular formula is C22H26FN3O. The molecule has 142 valence electrons. The van der Waals surface area contributed by atoms with Gasteiger partial charge in [0.25, 0.3) is 5.91 Å². The summed E-state index contributed by atoms with van der Waals surface area (Å²) >= 11 is 0. The number of carbonyl (C=O) groups excluding carboxylic acids is 1. The zero-order valence-electron chi connectivity index (χ0n) is 15.5. The fourth-order valence-electron chi connectivity index (χ4n) is 4.49. The van der Waals surface area contributed by atoms with E-state index < -0.39 is 0 Å². The number of pyridine rings is 1. The van der Waals surface area contributed by atoms with E-state index >= 15 is 0 Å². The summed E-state index contributed by atoms with van der Waals surface area (Å²) in [5, 5.41) is 3.10. The minimum Gasteiger partial charge on any atom is -0.352 e. The first-order valence-corrected chi connectivity index (χ1v) is 9.95. The summed E-state index contributed by atoms with van der Waals surface area (Å²) in [6.45, 7) is 3.15. The van der Waals surface area contributed by atoms with Gasteiger partial charge in [-0.15, -0.1) is 0 Å². The number of hydrogen-bond donors (Lipinski definition) is 1. The number of rotatable bonds is 4. The van der Waals surface area contributed by atoms with Gasteiger partial charge in [0.2, 0.25) is 0 Å². The standard InChI is InChI=1S/C22H26FN3O/c23-19-7-3-5-16(13-19)20-10-9-18(15-24-20)22(27)25-14-17-6-4-12-26-11-2-1-8-21(17)26/h3,5,7,9-10,13,15,17,21H,1-2,4,6,8,11-12,14H2,(H,25,27)/t17?,21-/m1/s1. The van der Waals surface area contributed by atoms with Gasteiger partial charge in [0, 0.05) is 24.3 Å². The molecule has 0 bridgehead atoms. The molecule has 5 heteroatoms. The lowest BCUT2D eigenvalue weighted by Gasteiger charge is -2.44. The van der Waals surface area contributed by atoms with Gasteiger partial charge in [0.05, 0.1) is 11.3 Å². The van der Waals surface area contributed by atoms with Gasteiger partial charge in [0.15, 0.2) is 0 Å². The van der Waals surface area contributed by atoms with Gasteiger partial charge in [0.1, 0.15) is 5.82 Å². The second-order valence-electron chi connectivity index (χ2n) is 7.65. The smallest absolute Gasteiger partial charge is 0.252 e. The van der Waals surface area contributed by atoms with E-state index in [-0.39, 0.29) is 11.7 Å². The number of carbonyl (C=O) groups is 1. The summed E-state index contributed by atoms with van der Waals surface area (Å²) in [5.74, 6) is 0.170. The SMILES string of the molecule is O=C(NCC1CCCN2CCCC[C@H]12)c1ccc(-c2cccc(F)c2)nc1. The van der Waals surface area contributed by atoms with Crippen LogP contribution in [0, 0.1) is 11.7 Å². The highest BCUT2D eigenvalue weighted by molar-refractivity contribution is 5.94. The molecule has 0 aliphatic carbocycles. The molecule has 0 spiro atoms. The van der Waals surface area contributed by atoms with Gasteiger partial charge in [-0.05, 0) is 69.0 Å². The van der Waals surface area contributed by atoms with Crippen molar-refractivity contribution in [3.05, 3.63) is 54.0 Å². The number of amides is 1.